The molecule has 1 rings (SSSR count). The van der Waals surface area contributed by atoms with E-state index in [4.69, 9.17) is 22.1 Å². The highest BCUT2D eigenvalue weighted by Gasteiger charge is 2.12. The van der Waals surface area contributed by atoms with E-state index in [1.165, 1.54) is 7.11 Å². The number of ether oxygens (including phenoxy) is 1. The third-order valence-electron chi connectivity index (χ3n) is 2.07. The van der Waals surface area contributed by atoms with Gasteiger partial charge in [0.05, 0.1) is 12.1 Å². The Kier molecular flexibility index (Phi) is 4.00. The van der Waals surface area contributed by atoms with Crippen LogP contribution in [0, 0.1) is 6.92 Å². The van der Waals surface area contributed by atoms with Gasteiger partial charge < -0.3 is 15.6 Å². The largest absolute Gasteiger partial charge is 0.504 e. The average molecular weight is 228 g/mol. The van der Waals surface area contributed by atoms with Crippen molar-refractivity contribution in [2.45, 2.75) is 6.92 Å². The van der Waals surface area contributed by atoms with Crippen LogP contribution in [0.5, 0.6) is 11.5 Å². The molecule has 0 aliphatic heterocycles. The second kappa shape index (κ2) is 5.05. The molecule has 0 aliphatic carbocycles. The van der Waals surface area contributed by atoms with Gasteiger partial charge in [-0.2, -0.15) is 0 Å². The molecule has 0 bridgehead atoms. The van der Waals surface area contributed by atoms with Crippen LogP contribution in [-0.2, 0) is 0 Å². The molecule has 0 spiro atoms. The van der Waals surface area contributed by atoms with Crippen LogP contribution in [0.4, 0.5) is 0 Å². The number of phenolic OH excluding ortho intramolecular Hbond substituents is 1. The number of hydrogen-bond acceptors (Lipinski definition) is 3. The molecule has 0 amide bonds. The standard InChI is InChI=1S/C11H14ClNO2/c1-7-6-9(14)11(15-2)10(12)8(7)4-3-5-13/h3-4,6,14H,5,13H2,1-2H3/b4-3+. The minimum Gasteiger partial charge on any atom is -0.504 e. The Balaban J connectivity index is 3.32. The van der Waals surface area contributed by atoms with Crippen molar-refractivity contribution in [2.24, 2.45) is 5.73 Å². The van der Waals surface area contributed by atoms with Gasteiger partial charge in [-0.15, -0.1) is 0 Å². The van der Waals surface area contributed by atoms with Crippen molar-refractivity contribution in [3.63, 3.8) is 0 Å². The first-order valence-corrected chi connectivity index (χ1v) is 4.92. The van der Waals surface area contributed by atoms with Gasteiger partial charge in [-0.25, -0.2) is 0 Å². The van der Waals surface area contributed by atoms with Crippen LogP contribution >= 0.6 is 11.6 Å². The summed E-state index contributed by atoms with van der Waals surface area (Å²) in [6.07, 6.45) is 3.62. The third-order valence-corrected chi connectivity index (χ3v) is 2.45. The minimum atomic E-state index is 0.0462. The van der Waals surface area contributed by atoms with Crippen molar-refractivity contribution < 1.29 is 9.84 Å². The molecule has 0 saturated carbocycles. The van der Waals surface area contributed by atoms with Crippen LogP contribution in [0.15, 0.2) is 12.1 Å². The summed E-state index contributed by atoms with van der Waals surface area (Å²) in [4.78, 5) is 0. The van der Waals surface area contributed by atoms with E-state index < -0.39 is 0 Å². The highest BCUT2D eigenvalue weighted by molar-refractivity contribution is 6.34. The number of phenols is 1. The summed E-state index contributed by atoms with van der Waals surface area (Å²) in [5, 5.41) is 9.97. The average Bonchev–Trinajstić information content (AvgIpc) is 2.17. The zero-order valence-electron chi connectivity index (χ0n) is 8.75. The summed E-state index contributed by atoms with van der Waals surface area (Å²) in [5.41, 5.74) is 7.06. The molecule has 3 nitrogen and oxygen atoms in total. The smallest absolute Gasteiger partial charge is 0.179 e. The Bertz CT molecular complexity index is 389. The fourth-order valence-electron chi connectivity index (χ4n) is 1.34. The van der Waals surface area contributed by atoms with Gasteiger partial charge in [0.15, 0.2) is 11.5 Å². The zero-order valence-corrected chi connectivity index (χ0v) is 9.51. The van der Waals surface area contributed by atoms with E-state index in [0.717, 1.165) is 11.1 Å². The first kappa shape index (κ1) is 11.9. The lowest BCUT2D eigenvalue weighted by atomic mass is 10.1. The summed E-state index contributed by atoms with van der Waals surface area (Å²) < 4.78 is 5.00. The first-order valence-electron chi connectivity index (χ1n) is 4.54. The molecule has 0 fully saturated rings. The van der Waals surface area contributed by atoms with Gasteiger partial charge in [0, 0.05) is 6.54 Å². The summed E-state index contributed by atoms with van der Waals surface area (Å²) in [6, 6.07) is 1.61. The maximum atomic E-state index is 9.56. The van der Waals surface area contributed by atoms with Gasteiger partial charge >= 0.3 is 0 Å². The number of aryl methyl sites for hydroxylation is 1. The number of nitrogens with two attached hydrogens (primary N) is 1. The fraction of sp³-hybridized carbons (Fsp3) is 0.273. The van der Waals surface area contributed by atoms with Gasteiger partial charge in [-0.1, -0.05) is 23.8 Å². The molecular formula is C11H14ClNO2. The Morgan fingerprint density at radius 1 is 1.60 bits per heavy atom. The molecule has 82 valence electrons. The lowest BCUT2D eigenvalue weighted by Crippen LogP contribution is -1.94. The van der Waals surface area contributed by atoms with Crippen molar-refractivity contribution in [3.8, 4) is 11.5 Å². The molecular weight excluding hydrogens is 214 g/mol. The van der Waals surface area contributed by atoms with Crippen molar-refractivity contribution in [1.29, 1.82) is 0 Å². The summed E-state index contributed by atoms with van der Waals surface area (Å²) in [5.74, 6) is 0.337. The zero-order chi connectivity index (χ0) is 11.4. The quantitative estimate of drug-likeness (QED) is 0.834. The molecule has 4 heteroatoms. The normalized spacial score (nSPS) is 10.9. The SMILES string of the molecule is COc1c(O)cc(C)c(/C=C/CN)c1Cl. The van der Waals surface area contributed by atoms with Gasteiger partial charge in [-0.05, 0) is 24.1 Å². The van der Waals surface area contributed by atoms with E-state index in [1.54, 1.807) is 12.1 Å². The van der Waals surface area contributed by atoms with E-state index in [2.05, 4.69) is 0 Å². The van der Waals surface area contributed by atoms with Crippen LogP contribution in [0.3, 0.4) is 0 Å². The Morgan fingerprint density at radius 2 is 2.27 bits per heavy atom. The Labute approximate surface area is 94.1 Å². The minimum absolute atomic E-state index is 0.0462. The molecule has 0 saturated heterocycles. The molecule has 1 aromatic carbocycles. The summed E-state index contributed by atoms with van der Waals surface area (Å²) in [6.45, 7) is 2.31. The Morgan fingerprint density at radius 3 is 2.80 bits per heavy atom. The number of methoxy groups -OCH3 is 1. The number of rotatable bonds is 3. The van der Waals surface area contributed by atoms with E-state index in [-0.39, 0.29) is 5.75 Å². The van der Waals surface area contributed by atoms with Gasteiger partial charge in [0.1, 0.15) is 0 Å². The molecule has 0 unspecified atom stereocenters. The molecule has 0 heterocycles. The number of benzene rings is 1. The predicted molar refractivity (Wildman–Crippen MR) is 62.5 cm³/mol. The molecule has 3 N–H and O–H groups in total. The second-order valence-electron chi connectivity index (χ2n) is 3.11. The van der Waals surface area contributed by atoms with Crippen molar-refractivity contribution in [3.05, 3.63) is 28.3 Å². The first-order chi connectivity index (χ1) is 7.11. The molecule has 15 heavy (non-hydrogen) atoms. The van der Waals surface area contributed by atoms with Crippen molar-refractivity contribution in [1.82, 2.24) is 0 Å². The fourth-order valence-corrected chi connectivity index (χ4v) is 1.73. The lowest BCUT2D eigenvalue weighted by Gasteiger charge is -2.10. The van der Waals surface area contributed by atoms with Crippen LogP contribution in [0.25, 0.3) is 6.08 Å². The summed E-state index contributed by atoms with van der Waals surface area (Å²) in [7, 11) is 1.46. The lowest BCUT2D eigenvalue weighted by molar-refractivity contribution is 0.373. The van der Waals surface area contributed by atoms with E-state index >= 15 is 0 Å². The summed E-state index contributed by atoms with van der Waals surface area (Å²) >= 11 is 6.08. The third kappa shape index (κ3) is 2.43. The number of halogens is 1. The van der Waals surface area contributed by atoms with E-state index in [1.807, 2.05) is 13.0 Å². The van der Waals surface area contributed by atoms with Crippen LogP contribution < -0.4 is 10.5 Å². The molecule has 0 aliphatic rings. The molecule has 0 aromatic heterocycles. The second-order valence-corrected chi connectivity index (χ2v) is 3.49. The number of aromatic hydroxyl groups is 1. The number of hydrogen-bond donors (Lipinski definition) is 2. The van der Waals surface area contributed by atoms with Crippen molar-refractivity contribution >= 4 is 17.7 Å². The van der Waals surface area contributed by atoms with E-state index in [9.17, 15) is 5.11 Å². The maximum Gasteiger partial charge on any atom is 0.179 e. The van der Waals surface area contributed by atoms with Gasteiger partial charge in [-0.3, -0.25) is 0 Å². The predicted octanol–water partition coefficient (Wildman–Crippen LogP) is 2.33. The van der Waals surface area contributed by atoms with E-state index in [0.29, 0.717) is 17.3 Å². The van der Waals surface area contributed by atoms with Crippen molar-refractivity contribution in [2.75, 3.05) is 13.7 Å². The van der Waals surface area contributed by atoms with Gasteiger partial charge in [0.25, 0.3) is 0 Å². The van der Waals surface area contributed by atoms with Crippen LogP contribution in [0.2, 0.25) is 5.02 Å². The van der Waals surface area contributed by atoms with Crippen LogP contribution in [0.1, 0.15) is 11.1 Å². The van der Waals surface area contributed by atoms with Gasteiger partial charge in [0.2, 0.25) is 0 Å². The highest BCUT2D eigenvalue weighted by Crippen LogP contribution is 2.39. The monoisotopic (exact) mass is 227 g/mol. The molecule has 1 aromatic rings. The Hall–Kier alpha value is -1.19. The molecule has 0 radical (unpaired) electrons. The topological polar surface area (TPSA) is 55.5 Å². The maximum absolute atomic E-state index is 9.56. The highest BCUT2D eigenvalue weighted by atomic mass is 35.5. The van der Waals surface area contributed by atoms with Crippen LogP contribution in [-0.4, -0.2) is 18.8 Å². The molecule has 0 atom stereocenters.